The van der Waals surface area contributed by atoms with Gasteiger partial charge in [0.2, 0.25) is 15.9 Å². The molecule has 0 spiro atoms. The number of carbonyl (C=O) groups excluding carboxylic acids is 1. The van der Waals surface area contributed by atoms with Gasteiger partial charge >= 0.3 is 0 Å². The van der Waals surface area contributed by atoms with E-state index < -0.39 is 10.0 Å². The maximum Gasteiger partial charge on any atom is 0.258 e. The molecule has 2 fully saturated rings. The monoisotopic (exact) mass is 562 g/mol. The van der Waals surface area contributed by atoms with Gasteiger partial charge < -0.3 is 14.5 Å². The summed E-state index contributed by atoms with van der Waals surface area (Å²) in [6.07, 6.45) is 7.65. The molecule has 1 saturated heterocycles. The second-order valence-electron chi connectivity index (χ2n) is 10.9. The molecule has 0 unspecified atom stereocenters. The van der Waals surface area contributed by atoms with Gasteiger partial charge in [0, 0.05) is 63.9 Å². The number of carbonyl (C=O) groups is 1. The highest BCUT2D eigenvalue weighted by atomic mass is 32.2. The van der Waals surface area contributed by atoms with Crippen molar-refractivity contribution in [3.8, 4) is 5.88 Å². The molecule has 8 nitrogen and oxygen atoms in total. The molecule has 1 saturated carbocycles. The Hall–Kier alpha value is -3.43. The molecule has 2 heterocycles. The van der Waals surface area contributed by atoms with Crippen LogP contribution in [0.25, 0.3) is 0 Å². The van der Waals surface area contributed by atoms with Crippen molar-refractivity contribution in [2.24, 2.45) is 0 Å². The summed E-state index contributed by atoms with van der Waals surface area (Å²) in [6, 6.07) is 18.5. The van der Waals surface area contributed by atoms with Crippen LogP contribution in [0.15, 0.2) is 71.8 Å². The first-order valence-corrected chi connectivity index (χ1v) is 15.5. The molecular weight excluding hydrogens is 524 g/mol. The van der Waals surface area contributed by atoms with Crippen LogP contribution >= 0.6 is 0 Å². The SMILES string of the molecule is Cc1ccc(N2CCC(Oc3ccccn3)CC2)c(N(C(=O)c2ccc(S(=O)(=O)N(C)C)cc2)C2CCCC2)c1. The number of pyridine rings is 1. The quantitative estimate of drug-likeness (QED) is 0.372. The van der Waals surface area contributed by atoms with Crippen molar-refractivity contribution >= 4 is 27.3 Å². The molecule has 0 radical (unpaired) electrons. The Balaban J connectivity index is 1.42. The molecule has 0 N–H and O–H groups in total. The van der Waals surface area contributed by atoms with Crippen LogP contribution in [0.5, 0.6) is 5.88 Å². The number of ether oxygens (including phenoxy) is 1. The Labute approximate surface area is 237 Å². The minimum atomic E-state index is -3.57. The molecule has 2 aromatic carbocycles. The predicted octanol–water partition coefficient (Wildman–Crippen LogP) is 5.28. The summed E-state index contributed by atoms with van der Waals surface area (Å²) in [5.74, 6) is 0.556. The third-order valence-corrected chi connectivity index (χ3v) is 9.72. The predicted molar refractivity (Wildman–Crippen MR) is 158 cm³/mol. The van der Waals surface area contributed by atoms with Crippen molar-refractivity contribution in [2.75, 3.05) is 37.0 Å². The van der Waals surface area contributed by atoms with Crippen LogP contribution < -0.4 is 14.5 Å². The maximum atomic E-state index is 14.1. The van der Waals surface area contributed by atoms with Gasteiger partial charge in [-0.15, -0.1) is 0 Å². The van der Waals surface area contributed by atoms with E-state index >= 15 is 0 Å². The number of sulfonamides is 1. The van der Waals surface area contributed by atoms with E-state index in [2.05, 4.69) is 35.0 Å². The summed E-state index contributed by atoms with van der Waals surface area (Å²) >= 11 is 0. The molecule has 212 valence electrons. The molecule has 2 aliphatic rings. The fourth-order valence-electron chi connectivity index (χ4n) is 5.65. The topological polar surface area (TPSA) is 83.0 Å². The number of anilines is 2. The van der Waals surface area contributed by atoms with Gasteiger partial charge in [-0.2, -0.15) is 0 Å². The Bertz CT molecular complexity index is 1410. The van der Waals surface area contributed by atoms with Crippen molar-refractivity contribution in [3.63, 3.8) is 0 Å². The normalized spacial score (nSPS) is 16.9. The van der Waals surface area contributed by atoms with Crippen molar-refractivity contribution in [3.05, 3.63) is 78.0 Å². The average Bonchev–Trinajstić information content (AvgIpc) is 3.49. The first-order valence-electron chi connectivity index (χ1n) is 14.0. The van der Waals surface area contributed by atoms with E-state index in [0.717, 1.165) is 68.6 Å². The Kier molecular flexibility index (Phi) is 8.42. The van der Waals surface area contributed by atoms with Gasteiger partial charge in [0.1, 0.15) is 6.10 Å². The first-order chi connectivity index (χ1) is 19.2. The number of rotatable bonds is 8. The molecule has 1 aromatic heterocycles. The van der Waals surface area contributed by atoms with Crippen molar-refractivity contribution in [1.82, 2.24) is 9.29 Å². The molecule has 5 rings (SSSR count). The lowest BCUT2D eigenvalue weighted by atomic mass is 10.0. The van der Waals surface area contributed by atoms with Crippen LogP contribution in [-0.4, -0.2) is 62.9 Å². The van der Waals surface area contributed by atoms with Crippen molar-refractivity contribution < 1.29 is 17.9 Å². The molecule has 1 amide bonds. The lowest BCUT2D eigenvalue weighted by Crippen LogP contribution is -2.42. The van der Waals surface area contributed by atoms with Gasteiger partial charge in [0.15, 0.2) is 0 Å². The fourth-order valence-corrected chi connectivity index (χ4v) is 6.55. The van der Waals surface area contributed by atoms with E-state index in [1.807, 2.05) is 23.1 Å². The molecule has 9 heteroatoms. The lowest BCUT2D eigenvalue weighted by Gasteiger charge is -2.38. The number of aromatic nitrogens is 1. The fraction of sp³-hybridized carbons (Fsp3) is 0.419. The number of piperidine rings is 1. The number of hydrogen-bond acceptors (Lipinski definition) is 6. The minimum Gasteiger partial charge on any atom is -0.474 e. The highest BCUT2D eigenvalue weighted by molar-refractivity contribution is 7.89. The Morgan fingerprint density at radius 3 is 2.27 bits per heavy atom. The molecule has 1 aliphatic heterocycles. The zero-order valence-electron chi connectivity index (χ0n) is 23.5. The lowest BCUT2D eigenvalue weighted by molar-refractivity contribution is 0.0976. The van der Waals surface area contributed by atoms with Crippen LogP contribution in [0.1, 0.15) is 54.4 Å². The molecular formula is C31H38N4O4S. The van der Waals surface area contributed by atoms with Gasteiger partial charge in [-0.1, -0.05) is 25.0 Å². The van der Waals surface area contributed by atoms with E-state index in [4.69, 9.17) is 4.74 Å². The number of aryl methyl sites for hydroxylation is 1. The van der Waals surface area contributed by atoms with Crippen LogP contribution in [0, 0.1) is 6.92 Å². The van der Waals surface area contributed by atoms with Crippen LogP contribution in [0.3, 0.4) is 0 Å². The number of benzene rings is 2. The zero-order valence-corrected chi connectivity index (χ0v) is 24.3. The summed E-state index contributed by atoms with van der Waals surface area (Å²) < 4.78 is 32.4. The van der Waals surface area contributed by atoms with E-state index in [1.165, 1.54) is 30.5 Å². The van der Waals surface area contributed by atoms with Gasteiger partial charge in [-0.3, -0.25) is 4.79 Å². The molecule has 0 bridgehead atoms. The Morgan fingerprint density at radius 2 is 1.65 bits per heavy atom. The third kappa shape index (κ3) is 6.00. The van der Waals surface area contributed by atoms with E-state index in [1.54, 1.807) is 18.3 Å². The van der Waals surface area contributed by atoms with E-state index in [-0.39, 0.29) is 22.9 Å². The average molecular weight is 563 g/mol. The van der Waals surface area contributed by atoms with Crippen LogP contribution in [0.2, 0.25) is 0 Å². The highest BCUT2D eigenvalue weighted by Crippen LogP contribution is 2.38. The Morgan fingerprint density at radius 1 is 0.950 bits per heavy atom. The molecule has 3 aromatic rings. The molecule has 40 heavy (non-hydrogen) atoms. The maximum absolute atomic E-state index is 14.1. The summed E-state index contributed by atoms with van der Waals surface area (Å²) in [6.45, 7) is 3.69. The molecule has 1 aliphatic carbocycles. The third-order valence-electron chi connectivity index (χ3n) is 7.89. The van der Waals surface area contributed by atoms with Crippen LogP contribution in [0.4, 0.5) is 11.4 Å². The van der Waals surface area contributed by atoms with E-state index in [9.17, 15) is 13.2 Å². The summed E-state index contributed by atoms with van der Waals surface area (Å²) in [5.41, 5.74) is 3.55. The number of nitrogens with zero attached hydrogens (tertiary/aromatic N) is 4. The standard InChI is InChI=1S/C31H38N4O4S/c1-23-11-16-28(34-20-17-26(18-21-34)39-30-10-6-7-19-32-30)29(22-23)35(25-8-4-5-9-25)31(36)24-12-14-27(15-13-24)40(37,38)33(2)3/h6-7,10-16,19,22,25-26H,4-5,8-9,17-18,20-21H2,1-3H3. The number of amides is 1. The highest BCUT2D eigenvalue weighted by Gasteiger charge is 2.33. The van der Waals surface area contributed by atoms with Gasteiger partial charge in [0.05, 0.1) is 16.3 Å². The van der Waals surface area contributed by atoms with Gasteiger partial charge in [-0.25, -0.2) is 17.7 Å². The summed E-state index contributed by atoms with van der Waals surface area (Å²) in [5, 5.41) is 0. The van der Waals surface area contributed by atoms with Crippen molar-refractivity contribution in [2.45, 2.75) is 62.5 Å². The summed E-state index contributed by atoms with van der Waals surface area (Å²) in [7, 11) is -0.565. The second kappa shape index (κ2) is 12.0. The second-order valence-corrected chi connectivity index (χ2v) is 13.0. The first kappa shape index (κ1) is 28.1. The largest absolute Gasteiger partial charge is 0.474 e. The van der Waals surface area contributed by atoms with Crippen LogP contribution in [-0.2, 0) is 10.0 Å². The smallest absolute Gasteiger partial charge is 0.258 e. The number of hydrogen-bond donors (Lipinski definition) is 0. The minimum absolute atomic E-state index is 0.0964. The summed E-state index contributed by atoms with van der Waals surface area (Å²) in [4.78, 5) is 23.0. The zero-order chi connectivity index (χ0) is 28.3. The molecule has 0 atom stereocenters. The van der Waals surface area contributed by atoms with Gasteiger partial charge in [0.25, 0.3) is 5.91 Å². The van der Waals surface area contributed by atoms with E-state index in [0.29, 0.717) is 11.4 Å². The van der Waals surface area contributed by atoms with Crippen molar-refractivity contribution in [1.29, 1.82) is 0 Å². The van der Waals surface area contributed by atoms with Gasteiger partial charge in [-0.05, 0) is 67.8 Å².